The largest absolute Gasteiger partial charge is 1.00 e. The number of benzene rings is 2. The van der Waals surface area contributed by atoms with Gasteiger partial charge in [0.25, 0.3) is 11.8 Å². The molecule has 8 rings (SSSR count). The summed E-state index contributed by atoms with van der Waals surface area (Å²) in [6.45, 7) is 1.04. The van der Waals surface area contributed by atoms with Crippen LogP contribution in [0.25, 0.3) is 33.1 Å². The quantitative estimate of drug-likeness (QED) is 0.111. The summed E-state index contributed by atoms with van der Waals surface area (Å²) in [5.74, 6) is 10.4. The van der Waals surface area contributed by atoms with Crippen LogP contribution in [0, 0.1) is 29.7 Å². The molecule has 0 radical (unpaired) electrons. The van der Waals surface area contributed by atoms with Gasteiger partial charge in [-0.2, -0.15) is 40.5 Å². The molecule has 2 aromatic carbocycles. The minimum Gasteiger partial charge on any atom is -0.369 e. The molecular weight excluding hydrogens is 870 g/mol. The minimum absolute atomic E-state index is 0. The van der Waals surface area contributed by atoms with Gasteiger partial charge in [0.1, 0.15) is 15.5 Å². The van der Waals surface area contributed by atoms with Crippen molar-refractivity contribution < 1.29 is 84.1 Å². The van der Waals surface area contributed by atoms with Crippen molar-refractivity contribution in [2.45, 2.75) is 24.0 Å². The number of amides is 2. The van der Waals surface area contributed by atoms with Crippen LogP contribution in [-0.4, -0.2) is 107 Å². The Balaban J connectivity index is 0.000000204. The van der Waals surface area contributed by atoms with E-state index in [0.717, 1.165) is 32.9 Å². The van der Waals surface area contributed by atoms with Crippen LogP contribution >= 0.6 is 34.8 Å². The van der Waals surface area contributed by atoms with Crippen LogP contribution in [0.3, 0.4) is 0 Å². The van der Waals surface area contributed by atoms with Gasteiger partial charge in [-0.1, -0.05) is 70.3 Å². The summed E-state index contributed by atoms with van der Waals surface area (Å²) < 4.78 is 32.4. The summed E-state index contributed by atoms with van der Waals surface area (Å²) in [4.78, 5) is 35.0. The Morgan fingerprint density at radius 2 is 1.25 bits per heavy atom. The molecule has 20 heteroatoms. The third kappa shape index (κ3) is 12.1. The molecule has 0 bridgehead atoms. The second-order valence-corrected chi connectivity index (χ2v) is 14.4. The number of fused-ring (bicyclic) bond motifs is 2. The van der Waals surface area contributed by atoms with Crippen LogP contribution in [0.1, 0.15) is 24.0 Å². The summed E-state index contributed by atoms with van der Waals surface area (Å²) >= 11 is 17.7. The van der Waals surface area contributed by atoms with Crippen molar-refractivity contribution in [2.75, 3.05) is 27.2 Å². The number of aryl methyl sites for hydroxylation is 2. The van der Waals surface area contributed by atoms with E-state index in [1.54, 1.807) is 60.1 Å². The Morgan fingerprint density at radius 1 is 0.750 bits per heavy atom. The minimum atomic E-state index is -3.67. The average molecular weight is 904 g/mol. The molecule has 2 aliphatic rings. The molecule has 6 heterocycles. The fourth-order valence-electron chi connectivity index (χ4n) is 5.91. The van der Waals surface area contributed by atoms with Crippen LogP contribution in [0.2, 0.25) is 15.5 Å². The molecule has 4 aromatic heterocycles. The standard InChI is InChI=1S/C20H17ClN4O2.C13H12NO2.C7H5Cl2N3.BF3.K/c1-24-9-8-20(27,19(24)26)7-6-13-4-3-5-14(10-13)18-15-12-22-25(2)16(15)11-17(21)23-18;1-14-10-9-13(16,12(14)15)8-7-11-5-3-2-4-6-11;1-12-5-2-6(8)11-7(9)4(5)3-10-12;2-1(3)4;/h3-5,10-12,27H,8-9H2,1-2H3;2-3,5-6,16H,9-10H2,1H3;2-3H,1H3;;/q;-1;;;+1/t20-;13-;;;/m00.../s1. The van der Waals surface area contributed by atoms with Crippen molar-refractivity contribution >= 4 is 76.0 Å². The summed E-state index contributed by atoms with van der Waals surface area (Å²) in [7, 11) is 3.33. The fourth-order valence-corrected chi connectivity index (χ4v) is 6.57. The molecule has 0 spiro atoms. The van der Waals surface area contributed by atoms with E-state index in [0.29, 0.717) is 52.6 Å². The molecule has 2 aliphatic heterocycles. The van der Waals surface area contributed by atoms with Crippen molar-refractivity contribution in [3.8, 4) is 34.9 Å². The van der Waals surface area contributed by atoms with E-state index in [2.05, 4.69) is 49.9 Å². The molecule has 2 amide bonds. The van der Waals surface area contributed by atoms with E-state index in [4.69, 9.17) is 34.8 Å². The normalized spacial score (nSPS) is 17.8. The molecule has 0 aliphatic carbocycles. The SMILES string of the molecule is CN1CC[C@@](O)(C#Cc2c[c-]ccc2)C1=O.CN1CC[C@@](O)(C#Cc2cccc(-c3nc(Cl)cc4c3cnn4C)c2)C1=O.Cn1ncc2c(Cl)nc(Cl)cc21.FB(F)F.[K+]. The second kappa shape index (κ2) is 21.2. The third-order valence-corrected chi connectivity index (χ3v) is 9.75. The van der Waals surface area contributed by atoms with E-state index >= 15 is 0 Å². The van der Waals surface area contributed by atoms with Crippen molar-refractivity contribution in [1.82, 2.24) is 39.3 Å². The van der Waals surface area contributed by atoms with Gasteiger partial charge in [0.2, 0.25) is 11.2 Å². The smallest absolute Gasteiger partial charge is 0.369 e. The predicted molar refractivity (Wildman–Crippen MR) is 220 cm³/mol. The van der Waals surface area contributed by atoms with Crippen LogP contribution in [0.4, 0.5) is 12.9 Å². The van der Waals surface area contributed by atoms with Crippen LogP contribution in [-0.2, 0) is 23.7 Å². The van der Waals surface area contributed by atoms with Gasteiger partial charge in [-0.15, -0.1) is 5.92 Å². The van der Waals surface area contributed by atoms with Crippen molar-refractivity contribution in [2.24, 2.45) is 14.1 Å². The van der Waals surface area contributed by atoms with E-state index < -0.39 is 18.7 Å². The van der Waals surface area contributed by atoms with Crippen molar-refractivity contribution in [3.05, 3.63) is 106 Å². The summed E-state index contributed by atoms with van der Waals surface area (Å²) in [6.07, 6.45) is 4.09. The average Bonchev–Trinajstić information content (AvgIpc) is 3.92. The zero-order chi connectivity index (χ0) is 43.1. The van der Waals surface area contributed by atoms with E-state index in [-0.39, 0.29) is 63.2 Å². The maximum atomic E-state index is 12.1. The Labute approximate surface area is 401 Å². The number of likely N-dealkylation sites (N-methyl/N-ethyl adjacent to an activating group) is 2. The van der Waals surface area contributed by atoms with Gasteiger partial charge in [-0.05, 0) is 12.1 Å². The zero-order valence-electron chi connectivity index (χ0n) is 32.9. The number of carbonyl (C=O) groups is 2. The number of halogens is 6. The van der Waals surface area contributed by atoms with Gasteiger partial charge in [0, 0.05) is 82.8 Å². The first-order chi connectivity index (χ1) is 27.9. The Kier molecular flexibility index (Phi) is 17.2. The first-order valence-corrected chi connectivity index (χ1v) is 18.7. The topological polar surface area (TPSA) is 142 Å². The molecule has 2 N–H and O–H groups in total. The number of hydrogen-bond donors (Lipinski definition) is 2. The summed E-state index contributed by atoms with van der Waals surface area (Å²) in [5, 5.41) is 31.6. The Hall–Kier alpha value is -3.98. The van der Waals surface area contributed by atoms with Gasteiger partial charge >= 0.3 is 58.9 Å². The maximum Gasteiger partial charge on any atom is 1.00 e. The Morgan fingerprint density at radius 3 is 1.77 bits per heavy atom. The van der Waals surface area contributed by atoms with E-state index in [9.17, 15) is 32.7 Å². The maximum absolute atomic E-state index is 12.1. The number of nitrogens with zero attached hydrogens (tertiary/aromatic N) is 8. The number of likely N-dealkylation sites (tertiary alicyclic amines) is 2. The number of pyridine rings is 2. The van der Waals surface area contributed by atoms with E-state index in [1.807, 2.05) is 50.5 Å². The molecule has 304 valence electrons. The molecule has 0 saturated carbocycles. The molecule has 2 fully saturated rings. The third-order valence-electron chi connectivity index (χ3n) is 9.07. The van der Waals surface area contributed by atoms with Crippen LogP contribution in [0.15, 0.2) is 73.1 Å². The monoisotopic (exact) mass is 902 g/mol. The second-order valence-electron chi connectivity index (χ2n) is 13.2. The molecule has 0 unspecified atom stereocenters. The molecule has 2 saturated heterocycles. The van der Waals surface area contributed by atoms with Crippen LogP contribution < -0.4 is 51.4 Å². The predicted octanol–water partition coefficient (Wildman–Crippen LogP) is 2.82. The van der Waals surface area contributed by atoms with E-state index in [1.165, 1.54) is 9.80 Å². The number of carbonyl (C=O) groups excluding carboxylic acids is 2. The summed E-state index contributed by atoms with van der Waals surface area (Å²) in [6, 6.07) is 21.0. The Bertz CT molecular complexity index is 2630. The zero-order valence-corrected chi connectivity index (χ0v) is 38.3. The van der Waals surface area contributed by atoms with Crippen LogP contribution in [0.5, 0.6) is 0 Å². The van der Waals surface area contributed by atoms with Crippen molar-refractivity contribution in [1.29, 1.82) is 0 Å². The van der Waals surface area contributed by atoms with Gasteiger partial charge in [-0.25, -0.2) is 9.97 Å². The fraction of sp³-hybridized carbons (Fsp3) is 0.250. The van der Waals surface area contributed by atoms with Gasteiger partial charge < -0.3 is 20.0 Å². The molecular formula is C40H34BCl3F3KN8O4. The number of rotatable bonds is 1. The van der Waals surface area contributed by atoms with Crippen molar-refractivity contribution in [3.63, 3.8) is 0 Å². The first-order valence-electron chi connectivity index (χ1n) is 17.5. The number of aromatic nitrogens is 6. The van der Waals surface area contributed by atoms with Gasteiger partial charge in [0.15, 0.2) is 0 Å². The van der Waals surface area contributed by atoms with Gasteiger partial charge in [-0.3, -0.25) is 31.9 Å². The summed E-state index contributed by atoms with van der Waals surface area (Å²) in [5.41, 5.74) is 1.63. The number of hydrogen-bond acceptors (Lipinski definition) is 8. The van der Waals surface area contributed by atoms with Gasteiger partial charge in [0.05, 0.1) is 34.5 Å². The molecule has 2 atom stereocenters. The molecule has 12 nitrogen and oxygen atoms in total. The molecule has 6 aromatic rings. The molecule has 60 heavy (non-hydrogen) atoms. The number of aliphatic hydroxyl groups is 2. The first kappa shape index (κ1) is 48.7.